The van der Waals surface area contributed by atoms with E-state index in [0.29, 0.717) is 11.1 Å². The highest BCUT2D eigenvalue weighted by Crippen LogP contribution is 2.30. The van der Waals surface area contributed by atoms with Crippen LogP contribution in [0, 0.1) is 11.6 Å². The summed E-state index contributed by atoms with van der Waals surface area (Å²) in [5.74, 6) is -2.24. The van der Waals surface area contributed by atoms with Crippen LogP contribution >= 0.6 is 11.3 Å². The molecule has 2 atom stereocenters. The number of hydrogen-bond donors (Lipinski definition) is 2. The van der Waals surface area contributed by atoms with Crippen LogP contribution < -0.4 is 5.32 Å². The number of aliphatic hydroxyl groups is 1. The molecular weight excluding hydrogens is 436 g/mol. The molecule has 4 aromatic rings. The van der Waals surface area contributed by atoms with E-state index in [1.807, 2.05) is 30.3 Å². The summed E-state index contributed by atoms with van der Waals surface area (Å²) in [6.07, 6.45) is 2.62. The molecule has 0 fully saturated rings. The Morgan fingerprint density at radius 3 is 2.72 bits per heavy atom. The topological polar surface area (TPSA) is 92.9 Å². The van der Waals surface area contributed by atoms with Crippen molar-refractivity contribution in [1.82, 2.24) is 25.1 Å². The van der Waals surface area contributed by atoms with Crippen LogP contribution in [-0.4, -0.2) is 36.8 Å². The lowest BCUT2D eigenvalue weighted by Gasteiger charge is -2.35. The largest absolute Gasteiger partial charge is 0.381 e. The van der Waals surface area contributed by atoms with Crippen LogP contribution in [0.15, 0.2) is 66.6 Å². The van der Waals surface area contributed by atoms with Gasteiger partial charge in [0.15, 0.2) is 0 Å². The van der Waals surface area contributed by atoms with Crippen molar-refractivity contribution in [3.05, 3.63) is 89.5 Å². The van der Waals surface area contributed by atoms with Gasteiger partial charge in [0.25, 0.3) is 5.91 Å². The smallest absolute Gasteiger partial charge is 0.271 e. The average Bonchev–Trinajstić information content (AvgIpc) is 3.46. The van der Waals surface area contributed by atoms with Crippen molar-refractivity contribution >= 4 is 17.2 Å². The van der Waals surface area contributed by atoms with Gasteiger partial charge in [-0.05, 0) is 13.0 Å². The van der Waals surface area contributed by atoms with Gasteiger partial charge in [0, 0.05) is 22.6 Å². The fraction of sp³-hybridized carbons (Fsp3) is 0.182. The van der Waals surface area contributed by atoms with Gasteiger partial charge in [-0.3, -0.25) is 4.79 Å². The average molecular weight is 455 g/mol. The lowest BCUT2D eigenvalue weighted by molar-refractivity contribution is -0.0186. The summed E-state index contributed by atoms with van der Waals surface area (Å²) < 4.78 is 29.4. The Kier molecular flexibility index (Phi) is 6.06. The summed E-state index contributed by atoms with van der Waals surface area (Å²) >= 11 is 1.31. The number of carbonyl (C=O) groups excluding carboxylic acids is 1. The van der Waals surface area contributed by atoms with Gasteiger partial charge in [-0.25, -0.2) is 23.4 Å². The third-order valence-corrected chi connectivity index (χ3v) is 5.98. The number of hydrogen-bond acceptors (Lipinski definition) is 6. The lowest BCUT2D eigenvalue weighted by Crippen LogP contribution is -2.52. The molecule has 2 heterocycles. The third kappa shape index (κ3) is 4.41. The molecule has 164 valence electrons. The quantitative estimate of drug-likeness (QED) is 0.446. The highest BCUT2D eigenvalue weighted by molar-refractivity contribution is 7.13. The fourth-order valence-electron chi connectivity index (χ4n) is 3.34. The molecule has 2 aromatic heterocycles. The second kappa shape index (κ2) is 8.93. The van der Waals surface area contributed by atoms with Crippen LogP contribution in [0.5, 0.6) is 0 Å². The van der Waals surface area contributed by atoms with Gasteiger partial charge in [0.05, 0.1) is 12.6 Å². The molecule has 0 aliphatic heterocycles. The number of nitrogens with one attached hydrogen (secondary N) is 1. The molecule has 0 radical (unpaired) electrons. The zero-order valence-electron chi connectivity index (χ0n) is 16.9. The van der Waals surface area contributed by atoms with E-state index in [1.54, 1.807) is 5.38 Å². The van der Waals surface area contributed by atoms with Crippen molar-refractivity contribution in [1.29, 1.82) is 0 Å². The molecule has 4 rings (SSSR count). The molecule has 1 amide bonds. The van der Waals surface area contributed by atoms with Crippen LogP contribution in [0.3, 0.4) is 0 Å². The van der Waals surface area contributed by atoms with E-state index >= 15 is 0 Å². The predicted molar refractivity (Wildman–Crippen MR) is 115 cm³/mol. The molecule has 2 N–H and O–H groups in total. The molecule has 0 unspecified atom stereocenters. The predicted octanol–water partition coefficient (Wildman–Crippen LogP) is 3.39. The number of carbonyl (C=O) groups is 1. The van der Waals surface area contributed by atoms with E-state index in [1.165, 1.54) is 35.6 Å². The fourth-order valence-corrected chi connectivity index (χ4v) is 4.14. The Labute approximate surface area is 186 Å². The normalized spacial score (nSPS) is 14.0. The monoisotopic (exact) mass is 455 g/mol. The number of halogens is 2. The second-order valence-corrected chi connectivity index (χ2v) is 8.10. The van der Waals surface area contributed by atoms with Gasteiger partial charge in [-0.15, -0.1) is 11.3 Å². The van der Waals surface area contributed by atoms with E-state index < -0.39 is 29.2 Å². The van der Waals surface area contributed by atoms with Gasteiger partial charge in [-0.1, -0.05) is 36.4 Å². The van der Waals surface area contributed by atoms with E-state index in [9.17, 15) is 18.7 Å². The lowest BCUT2D eigenvalue weighted by atomic mass is 9.86. The summed E-state index contributed by atoms with van der Waals surface area (Å²) in [6, 6.07) is 11.3. The Morgan fingerprint density at radius 2 is 2.03 bits per heavy atom. The molecule has 7 nitrogen and oxygen atoms in total. The molecule has 0 aliphatic rings. The summed E-state index contributed by atoms with van der Waals surface area (Å²) in [5, 5.41) is 20.4. The minimum Gasteiger partial charge on any atom is -0.381 e. The van der Waals surface area contributed by atoms with Gasteiger partial charge in [0.1, 0.15) is 40.6 Å². The molecule has 0 spiro atoms. The first-order valence-electron chi connectivity index (χ1n) is 9.69. The molecule has 0 saturated carbocycles. The van der Waals surface area contributed by atoms with Crippen molar-refractivity contribution in [2.24, 2.45) is 0 Å². The summed E-state index contributed by atoms with van der Waals surface area (Å²) in [6.45, 7) is 1.31. The Balaban J connectivity index is 1.60. The van der Waals surface area contributed by atoms with Crippen LogP contribution in [-0.2, 0) is 12.1 Å². The van der Waals surface area contributed by atoms with Crippen LogP contribution in [0.25, 0.3) is 10.6 Å². The number of aromatic nitrogens is 4. The molecular formula is C22H19F2N5O2S. The molecule has 0 bridgehead atoms. The van der Waals surface area contributed by atoms with Crippen LogP contribution in [0.4, 0.5) is 8.78 Å². The molecule has 0 saturated heterocycles. The van der Waals surface area contributed by atoms with Crippen molar-refractivity contribution in [2.75, 3.05) is 0 Å². The summed E-state index contributed by atoms with van der Waals surface area (Å²) in [7, 11) is 0. The number of rotatable bonds is 7. The van der Waals surface area contributed by atoms with E-state index in [2.05, 4.69) is 20.4 Å². The Hall–Kier alpha value is -3.50. The van der Waals surface area contributed by atoms with Gasteiger partial charge in [0.2, 0.25) is 0 Å². The summed E-state index contributed by atoms with van der Waals surface area (Å²) in [4.78, 5) is 21.0. The van der Waals surface area contributed by atoms with Crippen LogP contribution in [0.2, 0.25) is 0 Å². The maximum Gasteiger partial charge on any atom is 0.271 e. The summed E-state index contributed by atoms with van der Waals surface area (Å²) in [5.41, 5.74) is -1.08. The van der Waals surface area contributed by atoms with E-state index in [-0.39, 0.29) is 17.8 Å². The van der Waals surface area contributed by atoms with Crippen molar-refractivity contribution in [3.63, 3.8) is 0 Å². The highest BCUT2D eigenvalue weighted by Gasteiger charge is 2.40. The number of benzene rings is 2. The number of nitrogens with zero attached hydrogens (tertiary/aromatic N) is 4. The Bertz CT molecular complexity index is 1220. The molecule has 2 aromatic carbocycles. The van der Waals surface area contributed by atoms with E-state index in [0.717, 1.165) is 17.7 Å². The molecule has 32 heavy (non-hydrogen) atoms. The number of amides is 1. The maximum absolute atomic E-state index is 14.6. The first kappa shape index (κ1) is 21.7. The zero-order valence-corrected chi connectivity index (χ0v) is 17.8. The van der Waals surface area contributed by atoms with Crippen molar-refractivity contribution in [3.8, 4) is 10.6 Å². The van der Waals surface area contributed by atoms with Gasteiger partial charge in [-0.2, -0.15) is 5.10 Å². The Morgan fingerprint density at radius 1 is 1.25 bits per heavy atom. The standard InChI is InChI=1S/C22H19F2N5O2S/c1-14(27-20(30)19-10-32-21(28-19)15-5-3-2-4-6-15)22(31,11-29-13-25-12-26-29)17-8-7-16(23)9-18(17)24/h2-10,12-14,31H,11H2,1H3,(H,27,30)/t14-,22-/m1/s1. The minimum atomic E-state index is -1.95. The zero-order chi connectivity index (χ0) is 22.7. The first-order valence-corrected chi connectivity index (χ1v) is 10.6. The SMILES string of the molecule is C[C@@H](NC(=O)c1csc(-c2ccccc2)n1)[C@](O)(Cn1cncn1)c1ccc(F)cc1F. The number of thiazole rings is 1. The van der Waals surface area contributed by atoms with Gasteiger partial charge >= 0.3 is 0 Å². The van der Waals surface area contributed by atoms with Gasteiger partial charge < -0.3 is 10.4 Å². The maximum atomic E-state index is 14.6. The first-order chi connectivity index (χ1) is 15.4. The van der Waals surface area contributed by atoms with E-state index in [4.69, 9.17) is 0 Å². The molecule has 10 heteroatoms. The van der Waals surface area contributed by atoms with Crippen LogP contribution in [0.1, 0.15) is 23.0 Å². The minimum absolute atomic E-state index is 0.170. The van der Waals surface area contributed by atoms with Crippen molar-refractivity contribution in [2.45, 2.75) is 25.1 Å². The highest BCUT2D eigenvalue weighted by atomic mass is 32.1. The molecule has 0 aliphatic carbocycles. The van der Waals surface area contributed by atoms with Crippen molar-refractivity contribution < 1.29 is 18.7 Å². The third-order valence-electron chi connectivity index (χ3n) is 5.09. The second-order valence-electron chi connectivity index (χ2n) is 7.24.